The fourth-order valence-electron chi connectivity index (χ4n) is 0.915. The Morgan fingerprint density at radius 2 is 2.40 bits per heavy atom. The van der Waals surface area contributed by atoms with Crippen LogP contribution in [0.2, 0.25) is 0 Å². The zero-order valence-corrected chi connectivity index (χ0v) is 9.80. The Morgan fingerprint density at radius 3 is 2.93 bits per heavy atom. The Labute approximate surface area is 97.1 Å². The molecule has 8 heteroatoms. The van der Waals surface area contributed by atoms with Crippen molar-refractivity contribution in [3.8, 4) is 0 Å². The summed E-state index contributed by atoms with van der Waals surface area (Å²) in [5.74, 6) is -0.929. The van der Waals surface area contributed by atoms with Crippen molar-refractivity contribution in [1.82, 2.24) is 9.55 Å². The van der Waals surface area contributed by atoms with Crippen LogP contribution in [0.1, 0.15) is 5.69 Å². The standard InChI is InChI=1S/C7H10N2O4S.ClH/c1-5-3-9(4-6(10)11)7(8-5)14-13-12-2;/h3H,4H2,1-2H3,(H,10,11);1H. The Morgan fingerprint density at radius 1 is 1.73 bits per heavy atom. The molecule has 0 atom stereocenters. The number of imidazole rings is 1. The summed E-state index contributed by atoms with van der Waals surface area (Å²) >= 11 is 0.876. The molecule has 0 bridgehead atoms. The smallest absolute Gasteiger partial charge is 0.323 e. The molecule has 0 unspecified atom stereocenters. The number of aryl methyl sites for hydroxylation is 1. The topological polar surface area (TPSA) is 73.6 Å². The highest BCUT2D eigenvalue weighted by atomic mass is 35.5. The number of carbonyl (C=O) groups is 1. The average molecular weight is 255 g/mol. The van der Waals surface area contributed by atoms with Gasteiger partial charge < -0.3 is 9.67 Å². The van der Waals surface area contributed by atoms with Crippen molar-refractivity contribution in [2.45, 2.75) is 18.6 Å². The molecule has 0 aromatic carbocycles. The van der Waals surface area contributed by atoms with E-state index in [0.717, 1.165) is 17.7 Å². The molecule has 1 aromatic rings. The number of carboxylic acids is 1. The average Bonchev–Trinajstić information content (AvgIpc) is 2.41. The van der Waals surface area contributed by atoms with Crippen molar-refractivity contribution in [3.05, 3.63) is 11.9 Å². The second-order valence-corrected chi connectivity index (χ2v) is 3.17. The predicted octanol–water partition coefficient (Wildman–Crippen LogP) is 1.28. The van der Waals surface area contributed by atoms with Crippen molar-refractivity contribution in [1.29, 1.82) is 0 Å². The summed E-state index contributed by atoms with van der Waals surface area (Å²) in [7, 11) is 1.37. The van der Waals surface area contributed by atoms with Gasteiger partial charge in [0.15, 0.2) is 5.16 Å². The van der Waals surface area contributed by atoms with Gasteiger partial charge in [0, 0.05) is 6.20 Å². The van der Waals surface area contributed by atoms with E-state index in [0.29, 0.717) is 5.16 Å². The molecule has 1 N–H and O–H groups in total. The molecule has 0 fully saturated rings. The minimum atomic E-state index is -0.929. The minimum absolute atomic E-state index is 0. The van der Waals surface area contributed by atoms with E-state index in [2.05, 4.69) is 14.2 Å². The molecule has 0 aliphatic carbocycles. The lowest BCUT2D eigenvalue weighted by atomic mass is 10.5. The highest BCUT2D eigenvalue weighted by Gasteiger charge is 2.10. The fourth-order valence-corrected chi connectivity index (χ4v) is 1.44. The third kappa shape index (κ3) is 4.52. The maximum absolute atomic E-state index is 10.5. The molecule has 1 rings (SSSR count). The van der Waals surface area contributed by atoms with Gasteiger partial charge in [0.1, 0.15) is 18.6 Å². The highest BCUT2D eigenvalue weighted by molar-refractivity contribution is 7.94. The first-order valence-corrected chi connectivity index (χ1v) is 4.50. The van der Waals surface area contributed by atoms with Gasteiger partial charge in [0.05, 0.1) is 12.8 Å². The van der Waals surface area contributed by atoms with E-state index < -0.39 is 5.97 Å². The summed E-state index contributed by atoms with van der Waals surface area (Å²) in [5.41, 5.74) is 0.730. The van der Waals surface area contributed by atoms with E-state index in [-0.39, 0.29) is 19.0 Å². The van der Waals surface area contributed by atoms with Gasteiger partial charge in [-0.2, -0.15) is 4.33 Å². The molecule has 15 heavy (non-hydrogen) atoms. The molecule has 0 radical (unpaired) electrons. The van der Waals surface area contributed by atoms with Crippen LogP contribution in [0, 0.1) is 6.92 Å². The second kappa shape index (κ2) is 6.67. The number of hydrogen-bond donors (Lipinski definition) is 1. The first-order valence-electron chi connectivity index (χ1n) is 3.76. The third-order valence-electron chi connectivity index (χ3n) is 1.34. The molecule has 86 valence electrons. The monoisotopic (exact) mass is 254 g/mol. The molecule has 0 aliphatic heterocycles. The maximum atomic E-state index is 10.5. The summed E-state index contributed by atoms with van der Waals surface area (Å²) < 4.78 is 6.07. The van der Waals surface area contributed by atoms with Gasteiger partial charge >= 0.3 is 5.97 Å². The van der Waals surface area contributed by atoms with E-state index >= 15 is 0 Å². The van der Waals surface area contributed by atoms with Crippen molar-refractivity contribution in [3.63, 3.8) is 0 Å². The van der Waals surface area contributed by atoms with Gasteiger partial charge in [-0.15, -0.1) is 12.4 Å². The molecule has 0 spiro atoms. The Bertz CT molecular complexity index is 331. The number of carboxylic acid groups (broad SMARTS) is 1. The number of nitrogens with zero attached hydrogens (tertiary/aromatic N) is 2. The van der Waals surface area contributed by atoms with Crippen LogP contribution in [0.4, 0.5) is 0 Å². The number of rotatable bonds is 5. The summed E-state index contributed by atoms with van der Waals surface area (Å²) in [4.78, 5) is 18.9. The third-order valence-corrected chi connectivity index (χ3v) is 2.02. The molecule has 0 aliphatic rings. The highest BCUT2D eigenvalue weighted by Crippen LogP contribution is 2.18. The molecule has 1 aromatic heterocycles. The number of aromatic nitrogens is 2. The lowest BCUT2D eigenvalue weighted by Crippen LogP contribution is -2.08. The van der Waals surface area contributed by atoms with Crippen LogP contribution in [0.5, 0.6) is 0 Å². The molecule has 0 amide bonds. The Kier molecular flexibility index (Phi) is 6.34. The molecule has 1 heterocycles. The number of aliphatic carboxylic acids is 1. The van der Waals surface area contributed by atoms with Gasteiger partial charge in [-0.05, 0) is 6.92 Å². The van der Waals surface area contributed by atoms with Crippen LogP contribution in [-0.2, 0) is 20.6 Å². The second-order valence-electron chi connectivity index (χ2n) is 2.50. The van der Waals surface area contributed by atoms with E-state index in [9.17, 15) is 4.79 Å². The van der Waals surface area contributed by atoms with Gasteiger partial charge in [-0.3, -0.25) is 4.79 Å². The normalized spacial score (nSPS) is 9.73. The summed E-state index contributed by atoms with van der Waals surface area (Å²) in [6.45, 7) is 1.63. The lowest BCUT2D eigenvalue weighted by Gasteiger charge is -2.01. The summed E-state index contributed by atoms with van der Waals surface area (Å²) in [5, 5.41) is 9.05. The van der Waals surface area contributed by atoms with Crippen molar-refractivity contribution in [2.75, 3.05) is 7.11 Å². The van der Waals surface area contributed by atoms with Crippen LogP contribution in [0.3, 0.4) is 0 Å². The van der Waals surface area contributed by atoms with Crippen LogP contribution in [0.15, 0.2) is 11.4 Å². The maximum Gasteiger partial charge on any atom is 0.323 e. The van der Waals surface area contributed by atoms with E-state index in [1.807, 2.05) is 0 Å². The van der Waals surface area contributed by atoms with Crippen molar-refractivity contribution < 1.29 is 19.1 Å². The van der Waals surface area contributed by atoms with Gasteiger partial charge in [0.25, 0.3) is 0 Å². The largest absolute Gasteiger partial charge is 0.480 e. The zero-order valence-electron chi connectivity index (χ0n) is 8.17. The van der Waals surface area contributed by atoms with Crippen LogP contribution >= 0.6 is 24.4 Å². The van der Waals surface area contributed by atoms with E-state index in [4.69, 9.17) is 5.11 Å². The zero-order chi connectivity index (χ0) is 10.6. The predicted molar refractivity (Wildman–Crippen MR) is 55.8 cm³/mol. The van der Waals surface area contributed by atoms with Gasteiger partial charge in [-0.1, -0.05) is 0 Å². The quantitative estimate of drug-likeness (QED) is 0.485. The van der Waals surface area contributed by atoms with E-state index in [1.165, 1.54) is 11.7 Å². The van der Waals surface area contributed by atoms with Crippen LogP contribution in [0.25, 0.3) is 0 Å². The van der Waals surface area contributed by atoms with Crippen LogP contribution in [-0.4, -0.2) is 27.7 Å². The van der Waals surface area contributed by atoms with Crippen molar-refractivity contribution >= 4 is 30.4 Å². The summed E-state index contributed by atoms with van der Waals surface area (Å²) in [6, 6.07) is 0. The number of hydrogen-bond acceptors (Lipinski definition) is 5. The van der Waals surface area contributed by atoms with Gasteiger partial charge in [-0.25, -0.2) is 9.87 Å². The molecule has 6 nitrogen and oxygen atoms in total. The molecule has 0 saturated carbocycles. The van der Waals surface area contributed by atoms with E-state index in [1.54, 1.807) is 13.1 Å². The van der Waals surface area contributed by atoms with Crippen LogP contribution < -0.4 is 0 Å². The minimum Gasteiger partial charge on any atom is -0.480 e. The van der Waals surface area contributed by atoms with Gasteiger partial charge in [0.2, 0.25) is 0 Å². The molecular formula is C7H11ClN2O4S. The summed E-state index contributed by atoms with van der Waals surface area (Å²) in [6.07, 6.45) is 1.63. The Balaban J connectivity index is 0.00000196. The molecular weight excluding hydrogens is 244 g/mol. The SMILES string of the molecule is COOSc1nc(C)cn1CC(=O)O.Cl. The lowest BCUT2D eigenvalue weighted by molar-refractivity contribution is -0.160. The first-order chi connectivity index (χ1) is 6.63. The van der Waals surface area contributed by atoms with Crippen molar-refractivity contribution in [2.24, 2.45) is 0 Å². The first kappa shape index (κ1) is 14.2. The molecule has 0 saturated heterocycles. The Hall–Kier alpha value is -0.760. The number of halogens is 1. The fraction of sp³-hybridized carbons (Fsp3) is 0.429.